The predicted octanol–water partition coefficient (Wildman–Crippen LogP) is 3.18. The molecular formula is C9H8BrN3S2. The summed E-state index contributed by atoms with van der Waals surface area (Å²) in [4.78, 5) is 4.10. The van der Waals surface area contributed by atoms with Gasteiger partial charge in [0, 0.05) is 15.9 Å². The number of halogens is 1. The molecule has 0 amide bonds. The number of hydrogen-bond acceptors (Lipinski definition) is 5. The van der Waals surface area contributed by atoms with Crippen LogP contribution in [-0.4, -0.2) is 9.36 Å². The molecule has 0 aliphatic carbocycles. The number of thioether (sulfide) groups is 1. The molecule has 2 aromatic rings. The van der Waals surface area contributed by atoms with Crippen molar-refractivity contribution in [2.45, 2.75) is 10.1 Å². The molecule has 78 valence electrons. The van der Waals surface area contributed by atoms with Gasteiger partial charge < -0.3 is 5.73 Å². The van der Waals surface area contributed by atoms with Crippen molar-refractivity contribution in [1.82, 2.24) is 9.36 Å². The number of benzene rings is 1. The molecule has 1 aromatic heterocycles. The molecule has 0 saturated heterocycles. The average Bonchev–Trinajstić information content (AvgIpc) is 2.70. The largest absolute Gasteiger partial charge is 0.398 e. The lowest BCUT2D eigenvalue weighted by molar-refractivity contribution is 1.21. The lowest BCUT2D eigenvalue weighted by Gasteiger charge is -2.05. The van der Waals surface area contributed by atoms with Gasteiger partial charge in [0.2, 0.25) is 0 Å². The quantitative estimate of drug-likeness (QED) is 0.699. The van der Waals surface area contributed by atoms with Crippen LogP contribution < -0.4 is 5.73 Å². The van der Waals surface area contributed by atoms with Gasteiger partial charge in [-0.2, -0.15) is 4.37 Å². The second-order valence-corrected chi connectivity index (χ2v) is 5.66. The van der Waals surface area contributed by atoms with Gasteiger partial charge in [-0.1, -0.05) is 33.8 Å². The number of rotatable bonds is 3. The smallest absolute Gasteiger partial charge is 0.170 e. The van der Waals surface area contributed by atoms with E-state index in [1.807, 2.05) is 18.2 Å². The van der Waals surface area contributed by atoms with E-state index in [4.69, 9.17) is 5.73 Å². The Kier molecular flexibility index (Phi) is 3.61. The standard InChI is InChI=1S/C9H8BrN3S2/c10-7-2-1-3-8(11)6(7)4-14-9-12-5-13-15-9/h1-3,5H,4,11H2. The molecule has 2 N–H and O–H groups in total. The van der Waals surface area contributed by atoms with Crippen molar-refractivity contribution in [3.8, 4) is 0 Å². The summed E-state index contributed by atoms with van der Waals surface area (Å²) in [6.45, 7) is 0. The van der Waals surface area contributed by atoms with Crippen molar-refractivity contribution < 1.29 is 0 Å². The van der Waals surface area contributed by atoms with Gasteiger partial charge >= 0.3 is 0 Å². The first kappa shape index (κ1) is 10.9. The fourth-order valence-electron chi connectivity index (χ4n) is 1.09. The first-order chi connectivity index (χ1) is 7.27. The van der Waals surface area contributed by atoms with Crippen LogP contribution in [0.15, 0.2) is 33.3 Å². The minimum Gasteiger partial charge on any atom is -0.398 e. The second kappa shape index (κ2) is 4.96. The molecule has 1 heterocycles. The zero-order valence-electron chi connectivity index (χ0n) is 7.68. The minimum absolute atomic E-state index is 0.807. The molecule has 0 unspecified atom stereocenters. The fourth-order valence-corrected chi connectivity index (χ4v) is 3.30. The SMILES string of the molecule is Nc1cccc(Br)c1CSc1ncns1. The fraction of sp³-hybridized carbons (Fsp3) is 0.111. The highest BCUT2D eigenvalue weighted by atomic mass is 79.9. The van der Waals surface area contributed by atoms with E-state index in [9.17, 15) is 0 Å². The third-order valence-corrected chi connectivity index (χ3v) is 4.40. The Morgan fingerprint density at radius 2 is 2.33 bits per heavy atom. The highest BCUT2D eigenvalue weighted by Crippen LogP contribution is 2.30. The van der Waals surface area contributed by atoms with Crippen LogP contribution >= 0.6 is 39.2 Å². The van der Waals surface area contributed by atoms with E-state index in [2.05, 4.69) is 25.3 Å². The molecule has 0 radical (unpaired) electrons. The van der Waals surface area contributed by atoms with Crippen LogP contribution in [0.5, 0.6) is 0 Å². The molecule has 0 aliphatic heterocycles. The highest BCUT2D eigenvalue weighted by Gasteiger charge is 2.06. The van der Waals surface area contributed by atoms with Crippen molar-refractivity contribution >= 4 is 44.9 Å². The highest BCUT2D eigenvalue weighted by molar-refractivity contribution is 9.10. The molecule has 1 aromatic carbocycles. The van der Waals surface area contributed by atoms with Crippen LogP contribution in [0.4, 0.5) is 5.69 Å². The van der Waals surface area contributed by atoms with E-state index in [0.29, 0.717) is 0 Å². The minimum atomic E-state index is 0.807. The second-order valence-electron chi connectivity index (χ2n) is 2.80. The maximum absolute atomic E-state index is 5.88. The molecule has 0 atom stereocenters. The lowest BCUT2D eigenvalue weighted by atomic mass is 10.2. The van der Waals surface area contributed by atoms with Crippen molar-refractivity contribution in [3.05, 3.63) is 34.6 Å². The molecule has 0 bridgehead atoms. The Labute approximate surface area is 104 Å². The lowest BCUT2D eigenvalue weighted by Crippen LogP contribution is -1.93. The number of anilines is 1. The molecule has 0 saturated carbocycles. The third-order valence-electron chi connectivity index (χ3n) is 1.84. The molecule has 0 spiro atoms. The number of nitrogens with two attached hydrogens (primary N) is 1. The van der Waals surface area contributed by atoms with Gasteiger partial charge in [0.05, 0.1) is 0 Å². The Morgan fingerprint density at radius 1 is 1.47 bits per heavy atom. The number of nitrogens with zero attached hydrogens (tertiary/aromatic N) is 2. The van der Waals surface area contributed by atoms with E-state index in [-0.39, 0.29) is 0 Å². The summed E-state index contributed by atoms with van der Waals surface area (Å²) in [5.41, 5.74) is 7.80. The Hall–Kier alpha value is -0.590. The summed E-state index contributed by atoms with van der Waals surface area (Å²) >= 11 is 6.53. The van der Waals surface area contributed by atoms with Crippen LogP contribution in [0.2, 0.25) is 0 Å². The van der Waals surface area contributed by atoms with Crippen LogP contribution in [-0.2, 0) is 5.75 Å². The van der Waals surface area contributed by atoms with E-state index in [0.717, 1.165) is 25.8 Å². The topological polar surface area (TPSA) is 51.8 Å². The van der Waals surface area contributed by atoms with Crippen LogP contribution in [0.3, 0.4) is 0 Å². The van der Waals surface area contributed by atoms with Gasteiger partial charge in [0.1, 0.15) is 6.33 Å². The normalized spacial score (nSPS) is 10.5. The summed E-state index contributed by atoms with van der Waals surface area (Å²) in [5, 5.41) is 0. The average molecular weight is 302 g/mol. The summed E-state index contributed by atoms with van der Waals surface area (Å²) in [6, 6.07) is 5.83. The van der Waals surface area contributed by atoms with Crippen molar-refractivity contribution in [2.24, 2.45) is 0 Å². The molecule has 3 nitrogen and oxygen atoms in total. The van der Waals surface area contributed by atoms with Crippen LogP contribution in [0.25, 0.3) is 0 Å². The van der Waals surface area contributed by atoms with Gasteiger partial charge in [-0.05, 0) is 29.2 Å². The van der Waals surface area contributed by atoms with Gasteiger partial charge in [-0.3, -0.25) is 0 Å². The number of aromatic nitrogens is 2. The zero-order valence-corrected chi connectivity index (χ0v) is 10.9. The monoisotopic (exact) mass is 301 g/mol. The van der Waals surface area contributed by atoms with E-state index in [1.165, 1.54) is 11.5 Å². The van der Waals surface area contributed by atoms with Gasteiger partial charge in [-0.15, -0.1) is 0 Å². The van der Waals surface area contributed by atoms with Gasteiger partial charge in [0.15, 0.2) is 4.34 Å². The van der Waals surface area contributed by atoms with Crippen molar-refractivity contribution in [2.75, 3.05) is 5.73 Å². The Morgan fingerprint density at radius 3 is 3.00 bits per heavy atom. The predicted molar refractivity (Wildman–Crippen MR) is 68.0 cm³/mol. The summed E-state index contributed by atoms with van der Waals surface area (Å²) < 4.78 is 5.95. The number of nitrogen functional groups attached to an aromatic ring is 1. The molecule has 0 aliphatic rings. The first-order valence-corrected chi connectivity index (χ1v) is 6.75. The van der Waals surface area contributed by atoms with Crippen LogP contribution in [0, 0.1) is 0 Å². The molecule has 15 heavy (non-hydrogen) atoms. The summed E-state index contributed by atoms with van der Waals surface area (Å²) in [5.74, 6) is 0.808. The third kappa shape index (κ3) is 2.70. The van der Waals surface area contributed by atoms with E-state index in [1.54, 1.807) is 18.1 Å². The van der Waals surface area contributed by atoms with Gasteiger partial charge in [-0.25, -0.2) is 4.98 Å². The van der Waals surface area contributed by atoms with Crippen molar-refractivity contribution in [1.29, 1.82) is 0 Å². The van der Waals surface area contributed by atoms with E-state index >= 15 is 0 Å². The Bertz CT molecular complexity index is 424. The molecule has 0 fully saturated rings. The van der Waals surface area contributed by atoms with Crippen LogP contribution in [0.1, 0.15) is 5.56 Å². The van der Waals surface area contributed by atoms with Gasteiger partial charge in [0.25, 0.3) is 0 Å². The molecule has 6 heteroatoms. The van der Waals surface area contributed by atoms with Crippen molar-refractivity contribution in [3.63, 3.8) is 0 Å². The first-order valence-electron chi connectivity index (χ1n) is 4.19. The number of hydrogen-bond donors (Lipinski definition) is 1. The molecular weight excluding hydrogens is 294 g/mol. The maximum Gasteiger partial charge on any atom is 0.170 e. The van der Waals surface area contributed by atoms with E-state index < -0.39 is 0 Å². The molecule has 2 rings (SSSR count). The Balaban J connectivity index is 2.11. The zero-order chi connectivity index (χ0) is 10.7. The maximum atomic E-state index is 5.88. The summed E-state index contributed by atoms with van der Waals surface area (Å²) in [7, 11) is 0. The summed E-state index contributed by atoms with van der Waals surface area (Å²) in [6.07, 6.45) is 1.57.